The third kappa shape index (κ3) is 3.56. The van der Waals surface area contributed by atoms with E-state index >= 15 is 0 Å². The summed E-state index contributed by atoms with van der Waals surface area (Å²) in [6.45, 7) is 4.27. The summed E-state index contributed by atoms with van der Waals surface area (Å²) in [5.41, 5.74) is 2.75. The Morgan fingerprint density at radius 1 is 1.71 bits per heavy atom. The van der Waals surface area contributed by atoms with Gasteiger partial charge in [-0.15, -0.1) is 0 Å². The molecule has 1 aliphatic carbocycles. The van der Waals surface area contributed by atoms with Crippen molar-refractivity contribution < 1.29 is 4.79 Å². The fraction of sp³-hybridized carbons (Fsp3) is 0.583. The average Bonchev–Trinajstić information content (AvgIpc) is 2.18. The molecular weight excluding hydrogens is 287 g/mol. The van der Waals surface area contributed by atoms with E-state index in [-0.39, 0.29) is 5.78 Å². The third-order valence-electron chi connectivity index (χ3n) is 2.80. The second-order valence-electron chi connectivity index (χ2n) is 4.01. The topological polar surface area (TPSA) is 17.1 Å². The molecule has 0 spiro atoms. The van der Waals surface area contributed by atoms with Gasteiger partial charge in [0.1, 0.15) is 0 Å². The molecule has 1 rings (SSSR count). The number of alkyl halides is 1. The van der Waals surface area contributed by atoms with Gasteiger partial charge in [0.05, 0.1) is 4.43 Å². The number of hydrogen-bond donors (Lipinski definition) is 0. The van der Waals surface area contributed by atoms with Crippen LogP contribution in [0.1, 0.15) is 33.1 Å². The molecule has 78 valence electrons. The largest absolute Gasteiger partial charge is 0.294 e. The summed E-state index contributed by atoms with van der Waals surface area (Å²) in [6.07, 6.45) is 7.64. The molecule has 0 aromatic heterocycles. The molecule has 1 nitrogen and oxygen atoms in total. The van der Waals surface area contributed by atoms with E-state index in [1.165, 1.54) is 24.0 Å². The lowest BCUT2D eigenvalue weighted by molar-refractivity contribution is -0.112. The first-order valence-electron chi connectivity index (χ1n) is 5.06. The summed E-state index contributed by atoms with van der Waals surface area (Å²) in [5, 5.41) is 0. The van der Waals surface area contributed by atoms with Crippen molar-refractivity contribution >= 4 is 28.4 Å². The zero-order valence-electron chi connectivity index (χ0n) is 8.85. The van der Waals surface area contributed by atoms with Crippen molar-refractivity contribution in [1.29, 1.82) is 0 Å². The zero-order chi connectivity index (χ0) is 10.6. The van der Waals surface area contributed by atoms with E-state index in [9.17, 15) is 4.79 Å². The normalized spacial score (nSPS) is 23.2. The van der Waals surface area contributed by atoms with Gasteiger partial charge in [-0.05, 0) is 45.1 Å². The highest BCUT2D eigenvalue weighted by atomic mass is 127. The predicted molar refractivity (Wildman–Crippen MR) is 68.7 cm³/mol. The van der Waals surface area contributed by atoms with Crippen molar-refractivity contribution in [3.05, 3.63) is 23.3 Å². The minimum absolute atomic E-state index is 0.245. The Kier molecular flexibility index (Phi) is 4.85. The molecule has 0 heterocycles. The SMILES string of the molecule is CC1=CCC(/C(C)=C/C(=O)CI)CC1. The van der Waals surface area contributed by atoms with Crippen LogP contribution in [-0.4, -0.2) is 10.2 Å². The summed E-state index contributed by atoms with van der Waals surface area (Å²) in [4.78, 5) is 11.2. The Labute approximate surface area is 99.8 Å². The average molecular weight is 304 g/mol. The van der Waals surface area contributed by atoms with E-state index in [1.54, 1.807) is 0 Å². The van der Waals surface area contributed by atoms with Gasteiger partial charge in [-0.25, -0.2) is 0 Å². The number of ketones is 1. The Balaban J connectivity index is 2.58. The van der Waals surface area contributed by atoms with Gasteiger partial charge in [0.15, 0.2) is 5.78 Å². The molecule has 0 amide bonds. The molecule has 14 heavy (non-hydrogen) atoms. The Bertz CT molecular complexity index is 276. The molecule has 1 atom stereocenters. The van der Waals surface area contributed by atoms with E-state index in [4.69, 9.17) is 0 Å². The van der Waals surface area contributed by atoms with E-state index in [0.29, 0.717) is 10.3 Å². The van der Waals surface area contributed by atoms with Crippen molar-refractivity contribution in [3.63, 3.8) is 0 Å². The van der Waals surface area contributed by atoms with Gasteiger partial charge in [0.25, 0.3) is 0 Å². The summed E-state index contributed by atoms with van der Waals surface area (Å²) in [6, 6.07) is 0. The van der Waals surface area contributed by atoms with Crippen molar-refractivity contribution in [2.24, 2.45) is 5.92 Å². The first-order chi connectivity index (χ1) is 6.63. The molecule has 0 saturated heterocycles. The molecule has 0 radical (unpaired) electrons. The number of carbonyl (C=O) groups is 1. The van der Waals surface area contributed by atoms with Crippen LogP contribution in [0.4, 0.5) is 0 Å². The summed E-state index contributed by atoms with van der Waals surface area (Å²) in [5.74, 6) is 0.847. The predicted octanol–water partition coefficient (Wildman–Crippen LogP) is 3.68. The molecule has 1 unspecified atom stereocenters. The summed E-state index contributed by atoms with van der Waals surface area (Å²) in [7, 11) is 0. The first kappa shape index (κ1) is 12.0. The van der Waals surface area contributed by atoms with Crippen LogP contribution in [0.3, 0.4) is 0 Å². The Morgan fingerprint density at radius 2 is 2.43 bits per heavy atom. The van der Waals surface area contributed by atoms with E-state index in [1.807, 2.05) is 6.08 Å². The monoisotopic (exact) mass is 304 g/mol. The van der Waals surface area contributed by atoms with E-state index < -0.39 is 0 Å². The van der Waals surface area contributed by atoms with Crippen LogP contribution in [0.15, 0.2) is 23.3 Å². The van der Waals surface area contributed by atoms with Gasteiger partial charge >= 0.3 is 0 Å². The van der Waals surface area contributed by atoms with Gasteiger partial charge in [0, 0.05) is 0 Å². The quantitative estimate of drug-likeness (QED) is 0.336. The number of hydrogen-bond acceptors (Lipinski definition) is 1. The van der Waals surface area contributed by atoms with Crippen molar-refractivity contribution in [2.75, 3.05) is 4.43 Å². The molecule has 0 aromatic rings. The number of allylic oxidation sites excluding steroid dienone is 4. The van der Waals surface area contributed by atoms with Crippen LogP contribution in [0.2, 0.25) is 0 Å². The van der Waals surface area contributed by atoms with Crippen LogP contribution in [-0.2, 0) is 4.79 Å². The maximum Gasteiger partial charge on any atom is 0.165 e. The highest BCUT2D eigenvalue weighted by molar-refractivity contribution is 14.1. The number of carbonyl (C=O) groups excluding carboxylic acids is 1. The maximum atomic E-state index is 11.2. The third-order valence-corrected chi connectivity index (χ3v) is 3.55. The lowest BCUT2D eigenvalue weighted by Crippen LogP contribution is -2.08. The minimum atomic E-state index is 0.245. The summed E-state index contributed by atoms with van der Waals surface area (Å²) >= 11 is 2.11. The molecule has 0 fully saturated rings. The molecule has 0 N–H and O–H groups in total. The molecule has 0 aliphatic heterocycles. The molecule has 0 saturated carbocycles. The fourth-order valence-corrected chi connectivity index (χ4v) is 2.01. The van der Waals surface area contributed by atoms with Crippen LogP contribution in [0, 0.1) is 5.92 Å². The van der Waals surface area contributed by atoms with E-state index in [2.05, 4.69) is 42.5 Å². The van der Waals surface area contributed by atoms with Gasteiger partial charge in [-0.3, -0.25) is 4.79 Å². The zero-order valence-corrected chi connectivity index (χ0v) is 11.0. The van der Waals surface area contributed by atoms with Crippen molar-refractivity contribution in [1.82, 2.24) is 0 Å². The highest BCUT2D eigenvalue weighted by Crippen LogP contribution is 2.28. The minimum Gasteiger partial charge on any atom is -0.294 e. The van der Waals surface area contributed by atoms with Crippen LogP contribution >= 0.6 is 22.6 Å². The highest BCUT2D eigenvalue weighted by Gasteiger charge is 2.14. The fourth-order valence-electron chi connectivity index (χ4n) is 1.79. The lowest BCUT2D eigenvalue weighted by atomic mass is 9.85. The molecular formula is C12H17IO. The van der Waals surface area contributed by atoms with Gasteiger partial charge in [-0.2, -0.15) is 0 Å². The second kappa shape index (κ2) is 5.69. The number of rotatable bonds is 3. The van der Waals surface area contributed by atoms with Gasteiger partial charge < -0.3 is 0 Å². The Hall–Kier alpha value is -0.120. The lowest BCUT2D eigenvalue weighted by Gasteiger charge is -2.20. The molecule has 0 bridgehead atoms. The maximum absolute atomic E-state index is 11.2. The molecule has 1 aliphatic rings. The molecule has 0 aromatic carbocycles. The van der Waals surface area contributed by atoms with E-state index in [0.717, 1.165) is 6.42 Å². The van der Waals surface area contributed by atoms with Crippen LogP contribution in [0.5, 0.6) is 0 Å². The van der Waals surface area contributed by atoms with Crippen LogP contribution < -0.4 is 0 Å². The second-order valence-corrected chi connectivity index (χ2v) is 4.77. The summed E-state index contributed by atoms with van der Waals surface area (Å²) < 4.78 is 0.594. The number of halogens is 1. The molecule has 2 heteroatoms. The van der Waals surface area contributed by atoms with Crippen molar-refractivity contribution in [2.45, 2.75) is 33.1 Å². The van der Waals surface area contributed by atoms with Gasteiger partial charge in [0.2, 0.25) is 0 Å². The smallest absolute Gasteiger partial charge is 0.165 e. The standard InChI is InChI=1S/C12H17IO/c1-9-3-5-11(6-4-9)10(2)7-12(14)8-13/h3,7,11H,4-6,8H2,1-2H3/b10-7+. The van der Waals surface area contributed by atoms with Crippen molar-refractivity contribution in [3.8, 4) is 0 Å². The van der Waals surface area contributed by atoms with Crippen LogP contribution in [0.25, 0.3) is 0 Å². The van der Waals surface area contributed by atoms with Gasteiger partial charge in [-0.1, -0.05) is 39.8 Å². The Morgan fingerprint density at radius 3 is 2.93 bits per heavy atom. The first-order valence-corrected chi connectivity index (χ1v) is 6.58.